The number of nitrogens with zero attached hydrogens (tertiary/aromatic N) is 2. The first-order valence-corrected chi connectivity index (χ1v) is 6.84. The van der Waals surface area contributed by atoms with Crippen molar-refractivity contribution in [1.82, 2.24) is 4.98 Å². The average Bonchev–Trinajstić information content (AvgIpc) is 2.85. The molecular weight excluding hydrogens is 210 g/mol. The highest BCUT2D eigenvalue weighted by Crippen LogP contribution is 2.27. The van der Waals surface area contributed by atoms with Gasteiger partial charge in [-0.05, 0) is 50.2 Å². The Kier molecular flexibility index (Phi) is 3.02. The number of aryl methyl sites for hydroxylation is 2. The van der Waals surface area contributed by atoms with E-state index in [0.29, 0.717) is 6.04 Å². The zero-order valence-electron chi connectivity index (χ0n) is 10.4. The van der Waals surface area contributed by atoms with Crippen molar-refractivity contribution in [2.75, 3.05) is 18.0 Å². The molecule has 0 aromatic carbocycles. The minimum atomic E-state index is 0.496. The molecular formula is C14H21N3. The van der Waals surface area contributed by atoms with Gasteiger partial charge in [-0.3, -0.25) is 0 Å². The van der Waals surface area contributed by atoms with Crippen LogP contribution in [-0.2, 0) is 12.8 Å². The largest absolute Gasteiger partial charge is 0.352 e. The van der Waals surface area contributed by atoms with Crippen molar-refractivity contribution in [3.63, 3.8) is 0 Å². The number of anilines is 1. The lowest BCUT2D eigenvalue weighted by molar-refractivity contribution is 0.462. The maximum Gasteiger partial charge on any atom is 0.129 e. The van der Waals surface area contributed by atoms with E-state index >= 15 is 0 Å². The van der Waals surface area contributed by atoms with Crippen molar-refractivity contribution in [1.29, 1.82) is 0 Å². The summed E-state index contributed by atoms with van der Waals surface area (Å²) in [4.78, 5) is 7.26. The summed E-state index contributed by atoms with van der Waals surface area (Å²) < 4.78 is 0. The van der Waals surface area contributed by atoms with E-state index < -0.39 is 0 Å². The molecule has 2 heterocycles. The summed E-state index contributed by atoms with van der Waals surface area (Å²) in [5.74, 6) is 1.15. The van der Waals surface area contributed by atoms with Crippen molar-refractivity contribution in [2.24, 2.45) is 5.73 Å². The molecule has 0 radical (unpaired) electrons. The van der Waals surface area contributed by atoms with E-state index in [1.807, 2.05) is 0 Å². The van der Waals surface area contributed by atoms with E-state index in [2.05, 4.69) is 17.0 Å². The highest BCUT2D eigenvalue weighted by molar-refractivity contribution is 5.44. The molecule has 1 unspecified atom stereocenters. The number of pyridine rings is 1. The van der Waals surface area contributed by atoms with Crippen molar-refractivity contribution >= 4 is 5.82 Å². The first-order valence-electron chi connectivity index (χ1n) is 6.84. The Morgan fingerprint density at radius 3 is 3.06 bits per heavy atom. The number of fused-ring (bicyclic) bond motifs is 1. The van der Waals surface area contributed by atoms with Gasteiger partial charge in [-0.15, -0.1) is 0 Å². The zero-order valence-corrected chi connectivity index (χ0v) is 10.4. The smallest absolute Gasteiger partial charge is 0.129 e. The van der Waals surface area contributed by atoms with Gasteiger partial charge in [-0.1, -0.05) is 6.07 Å². The second-order valence-corrected chi connectivity index (χ2v) is 5.21. The molecule has 1 fully saturated rings. The highest BCUT2D eigenvalue weighted by Gasteiger charge is 2.23. The number of aromatic nitrogens is 1. The van der Waals surface area contributed by atoms with E-state index in [1.54, 1.807) is 0 Å². The third-order valence-electron chi connectivity index (χ3n) is 4.11. The lowest BCUT2D eigenvalue weighted by Gasteiger charge is -2.36. The van der Waals surface area contributed by atoms with Crippen LogP contribution in [0, 0.1) is 0 Å². The molecule has 1 aliphatic carbocycles. The van der Waals surface area contributed by atoms with Gasteiger partial charge in [0.1, 0.15) is 5.82 Å². The van der Waals surface area contributed by atoms with E-state index in [4.69, 9.17) is 10.7 Å². The third-order valence-corrected chi connectivity index (χ3v) is 4.11. The first kappa shape index (κ1) is 11.0. The van der Waals surface area contributed by atoms with Gasteiger partial charge in [0.2, 0.25) is 0 Å². The Balaban J connectivity index is 1.87. The molecule has 0 amide bonds. The van der Waals surface area contributed by atoms with Gasteiger partial charge in [0.25, 0.3) is 0 Å². The Morgan fingerprint density at radius 2 is 2.18 bits per heavy atom. The predicted molar refractivity (Wildman–Crippen MR) is 70.3 cm³/mol. The van der Waals surface area contributed by atoms with Crippen LogP contribution in [-0.4, -0.2) is 24.1 Å². The molecule has 1 atom stereocenters. The number of hydrogen-bond acceptors (Lipinski definition) is 3. The van der Waals surface area contributed by atoms with Crippen molar-refractivity contribution < 1.29 is 0 Å². The Morgan fingerprint density at radius 1 is 1.24 bits per heavy atom. The Labute approximate surface area is 103 Å². The summed E-state index contributed by atoms with van der Waals surface area (Å²) in [7, 11) is 0. The molecule has 0 saturated carbocycles. The summed E-state index contributed by atoms with van der Waals surface area (Å²) in [6.45, 7) is 1.87. The lowest BCUT2D eigenvalue weighted by atomic mass is 10.0. The van der Waals surface area contributed by atoms with Crippen LogP contribution in [0.3, 0.4) is 0 Å². The molecule has 3 heteroatoms. The highest BCUT2D eigenvalue weighted by atomic mass is 15.2. The quantitative estimate of drug-likeness (QED) is 0.845. The van der Waals surface area contributed by atoms with Crippen molar-refractivity contribution in [2.45, 2.75) is 44.6 Å². The van der Waals surface area contributed by atoms with Crippen LogP contribution in [0.1, 0.15) is 36.9 Å². The molecule has 0 bridgehead atoms. The number of piperidine rings is 1. The summed E-state index contributed by atoms with van der Waals surface area (Å²) in [5, 5.41) is 0. The second kappa shape index (κ2) is 4.65. The molecule has 1 aliphatic heterocycles. The fourth-order valence-electron chi connectivity index (χ4n) is 3.12. The number of nitrogens with two attached hydrogens (primary N) is 1. The second-order valence-electron chi connectivity index (χ2n) is 5.21. The molecule has 0 spiro atoms. The van der Waals surface area contributed by atoms with Crippen LogP contribution in [0.15, 0.2) is 12.1 Å². The molecule has 3 nitrogen and oxygen atoms in total. The molecule has 2 aliphatic rings. The van der Waals surface area contributed by atoms with Gasteiger partial charge in [0.15, 0.2) is 0 Å². The van der Waals surface area contributed by atoms with Crippen LogP contribution >= 0.6 is 0 Å². The van der Waals surface area contributed by atoms with Gasteiger partial charge in [0, 0.05) is 24.8 Å². The number of rotatable bonds is 2. The van der Waals surface area contributed by atoms with Crippen LogP contribution < -0.4 is 10.6 Å². The summed E-state index contributed by atoms with van der Waals surface area (Å²) in [6.07, 6.45) is 7.44. The summed E-state index contributed by atoms with van der Waals surface area (Å²) in [6, 6.07) is 4.96. The third kappa shape index (κ3) is 2.04. The average molecular weight is 231 g/mol. The van der Waals surface area contributed by atoms with Crippen molar-refractivity contribution in [3.05, 3.63) is 23.4 Å². The van der Waals surface area contributed by atoms with Crippen LogP contribution in [0.25, 0.3) is 0 Å². The van der Waals surface area contributed by atoms with E-state index in [1.165, 1.54) is 43.4 Å². The fraction of sp³-hybridized carbons (Fsp3) is 0.643. The van der Waals surface area contributed by atoms with E-state index in [9.17, 15) is 0 Å². The Hall–Kier alpha value is -1.09. The monoisotopic (exact) mass is 231 g/mol. The van der Waals surface area contributed by atoms with Crippen LogP contribution in [0.5, 0.6) is 0 Å². The maximum absolute atomic E-state index is 5.87. The first-order chi connectivity index (χ1) is 8.38. The van der Waals surface area contributed by atoms with Gasteiger partial charge in [-0.2, -0.15) is 0 Å². The molecule has 17 heavy (non-hydrogen) atoms. The molecule has 1 aromatic heterocycles. The van der Waals surface area contributed by atoms with Crippen molar-refractivity contribution in [3.8, 4) is 0 Å². The minimum Gasteiger partial charge on any atom is -0.352 e. The van der Waals surface area contributed by atoms with Gasteiger partial charge >= 0.3 is 0 Å². The normalized spacial score (nSPS) is 23.8. The molecule has 1 aromatic rings. The SMILES string of the molecule is NCC1CCCCN1c1ccc2c(n1)CCC2. The van der Waals surface area contributed by atoms with Gasteiger partial charge < -0.3 is 10.6 Å². The fourth-order valence-corrected chi connectivity index (χ4v) is 3.12. The maximum atomic E-state index is 5.87. The van der Waals surface area contributed by atoms with Crippen LogP contribution in [0.2, 0.25) is 0 Å². The van der Waals surface area contributed by atoms with Gasteiger partial charge in [0.05, 0.1) is 0 Å². The molecule has 92 valence electrons. The topological polar surface area (TPSA) is 42.1 Å². The summed E-state index contributed by atoms with van der Waals surface area (Å²) in [5.41, 5.74) is 8.65. The lowest BCUT2D eigenvalue weighted by Crippen LogP contribution is -2.44. The molecule has 2 N–H and O–H groups in total. The Bertz CT molecular complexity index is 402. The van der Waals surface area contributed by atoms with Gasteiger partial charge in [-0.25, -0.2) is 4.98 Å². The molecule has 1 saturated heterocycles. The standard InChI is InChI=1S/C14H21N3/c15-10-12-5-1-2-9-17(12)14-8-7-11-4-3-6-13(11)16-14/h7-8,12H,1-6,9-10,15H2. The minimum absolute atomic E-state index is 0.496. The van der Waals surface area contributed by atoms with E-state index in [-0.39, 0.29) is 0 Å². The summed E-state index contributed by atoms with van der Waals surface area (Å²) >= 11 is 0. The molecule has 3 rings (SSSR count). The van der Waals surface area contributed by atoms with E-state index in [0.717, 1.165) is 25.3 Å². The predicted octanol–water partition coefficient (Wildman–Crippen LogP) is 1.89. The number of hydrogen-bond donors (Lipinski definition) is 1. The van der Waals surface area contributed by atoms with Crippen LogP contribution in [0.4, 0.5) is 5.82 Å². The zero-order chi connectivity index (χ0) is 11.7.